The number of benzene rings is 2. The maximum atomic E-state index is 13.4. The lowest BCUT2D eigenvalue weighted by atomic mass is 9.64. The Morgan fingerprint density at radius 2 is 1.93 bits per heavy atom. The fraction of sp³-hybridized carbons (Fsp3) is 0.261. The first-order valence-corrected chi connectivity index (χ1v) is 9.39. The number of amides is 1. The summed E-state index contributed by atoms with van der Waals surface area (Å²) in [6, 6.07) is 18.3. The average Bonchev–Trinajstić information content (AvgIpc) is 2.69. The van der Waals surface area contributed by atoms with Crippen LogP contribution >= 0.6 is 0 Å². The van der Waals surface area contributed by atoms with E-state index in [0.717, 1.165) is 5.56 Å². The fourth-order valence-corrected chi connectivity index (χ4v) is 3.85. The zero-order valence-electron chi connectivity index (χ0n) is 16.7. The van der Waals surface area contributed by atoms with Crippen LogP contribution in [0.15, 0.2) is 66.0 Å². The summed E-state index contributed by atoms with van der Waals surface area (Å²) in [5.41, 5.74) is 7.37. The van der Waals surface area contributed by atoms with Crippen LogP contribution in [0.3, 0.4) is 0 Å². The van der Waals surface area contributed by atoms with Gasteiger partial charge in [-0.3, -0.25) is 9.69 Å². The molecular formula is C23H23N3O3. The number of rotatable bonds is 4. The summed E-state index contributed by atoms with van der Waals surface area (Å²) < 4.78 is 5.28. The minimum atomic E-state index is -1.25. The van der Waals surface area contributed by atoms with Crippen LogP contribution in [0.5, 0.6) is 0 Å². The molecule has 2 N–H and O–H groups in total. The Labute approximate surface area is 170 Å². The second kappa shape index (κ2) is 7.80. The van der Waals surface area contributed by atoms with Gasteiger partial charge in [0.05, 0.1) is 29.4 Å². The minimum absolute atomic E-state index is 0.0168. The number of ether oxygens (including phenoxy) is 1. The van der Waals surface area contributed by atoms with E-state index in [1.807, 2.05) is 19.1 Å². The summed E-state index contributed by atoms with van der Waals surface area (Å²) in [6.45, 7) is 5.43. The van der Waals surface area contributed by atoms with Crippen molar-refractivity contribution in [2.45, 2.75) is 26.2 Å². The zero-order valence-corrected chi connectivity index (χ0v) is 16.7. The quantitative estimate of drug-likeness (QED) is 0.810. The predicted octanol–water partition coefficient (Wildman–Crippen LogP) is 3.17. The van der Waals surface area contributed by atoms with Gasteiger partial charge in [0.15, 0.2) is 0 Å². The highest BCUT2D eigenvalue weighted by atomic mass is 16.5. The first-order valence-electron chi connectivity index (χ1n) is 9.39. The maximum absolute atomic E-state index is 13.4. The van der Waals surface area contributed by atoms with Crippen molar-refractivity contribution < 1.29 is 14.3 Å². The Hall–Kier alpha value is -3.59. The Morgan fingerprint density at radius 3 is 2.52 bits per heavy atom. The Balaban J connectivity index is 2.33. The Bertz CT molecular complexity index is 1020. The number of carbonyl (C=O) groups excluding carboxylic acids is 2. The SMILES string of the molecule is CCOC(=O)C1=C(N)N(c2cccc(C)c2)C(=O)C(C#N)C1(C)c1ccccc1. The van der Waals surface area contributed by atoms with E-state index in [1.54, 1.807) is 56.3 Å². The van der Waals surface area contributed by atoms with Crippen molar-refractivity contribution in [1.29, 1.82) is 5.26 Å². The van der Waals surface area contributed by atoms with E-state index in [-0.39, 0.29) is 18.0 Å². The second-order valence-electron chi connectivity index (χ2n) is 7.12. The monoisotopic (exact) mass is 389 g/mol. The van der Waals surface area contributed by atoms with E-state index in [1.165, 1.54) is 4.90 Å². The lowest BCUT2D eigenvalue weighted by Gasteiger charge is -2.43. The third-order valence-corrected chi connectivity index (χ3v) is 5.30. The molecular weight excluding hydrogens is 366 g/mol. The standard InChI is InChI=1S/C23H23N3O3/c1-4-29-22(28)19-20(25)26(17-12-8-9-15(2)13-17)21(27)18(14-24)23(19,3)16-10-6-5-7-11-16/h5-13,18H,4,25H2,1-3H3. The molecule has 3 rings (SSSR count). The molecule has 1 amide bonds. The van der Waals surface area contributed by atoms with Crippen LogP contribution in [0.4, 0.5) is 5.69 Å². The first kappa shape index (κ1) is 20.2. The number of esters is 1. The maximum Gasteiger partial charge on any atom is 0.338 e. The minimum Gasteiger partial charge on any atom is -0.463 e. The summed E-state index contributed by atoms with van der Waals surface area (Å²) in [6.07, 6.45) is 0. The van der Waals surface area contributed by atoms with Crippen molar-refractivity contribution in [3.05, 3.63) is 77.1 Å². The van der Waals surface area contributed by atoms with Crippen molar-refractivity contribution in [2.75, 3.05) is 11.5 Å². The third kappa shape index (κ3) is 3.25. The van der Waals surface area contributed by atoms with Gasteiger partial charge in [0, 0.05) is 0 Å². The normalized spacial score (nSPS) is 21.7. The van der Waals surface area contributed by atoms with Gasteiger partial charge >= 0.3 is 5.97 Å². The number of nitrogens with zero attached hydrogens (tertiary/aromatic N) is 2. The molecule has 6 nitrogen and oxygen atoms in total. The number of aryl methyl sites for hydroxylation is 1. The van der Waals surface area contributed by atoms with Gasteiger partial charge < -0.3 is 10.5 Å². The molecule has 148 valence electrons. The van der Waals surface area contributed by atoms with Gasteiger partial charge in [-0.1, -0.05) is 42.5 Å². The highest BCUT2D eigenvalue weighted by molar-refractivity contribution is 6.07. The third-order valence-electron chi connectivity index (χ3n) is 5.30. The molecule has 1 aliphatic heterocycles. The number of anilines is 1. The lowest BCUT2D eigenvalue weighted by Crippen LogP contribution is -2.55. The summed E-state index contributed by atoms with van der Waals surface area (Å²) in [5.74, 6) is -2.29. The molecule has 0 bridgehead atoms. The molecule has 0 radical (unpaired) electrons. The van der Waals surface area contributed by atoms with Crippen LogP contribution in [0.2, 0.25) is 0 Å². The van der Waals surface area contributed by atoms with Crippen LogP contribution in [0.1, 0.15) is 25.0 Å². The van der Waals surface area contributed by atoms with Crippen molar-refractivity contribution >= 4 is 17.6 Å². The molecule has 29 heavy (non-hydrogen) atoms. The first-order chi connectivity index (χ1) is 13.9. The number of hydrogen-bond donors (Lipinski definition) is 1. The van der Waals surface area contributed by atoms with E-state index in [2.05, 4.69) is 6.07 Å². The van der Waals surface area contributed by atoms with Gasteiger partial charge in [0.25, 0.3) is 5.91 Å². The van der Waals surface area contributed by atoms with E-state index >= 15 is 0 Å². The zero-order chi connectivity index (χ0) is 21.2. The van der Waals surface area contributed by atoms with Crippen LogP contribution in [0.25, 0.3) is 0 Å². The summed E-state index contributed by atoms with van der Waals surface area (Å²) in [5, 5.41) is 9.98. The lowest BCUT2D eigenvalue weighted by molar-refractivity contribution is -0.140. The molecule has 6 heteroatoms. The molecule has 0 saturated carbocycles. The molecule has 2 unspecified atom stereocenters. The number of carbonyl (C=O) groups is 2. The van der Waals surface area contributed by atoms with Crippen molar-refractivity contribution in [2.24, 2.45) is 11.7 Å². The van der Waals surface area contributed by atoms with Gasteiger partial charge in [-0.05, 0) is 44.0 Å². The summed E-state index contributed by atoms with van der Waals surface area (Å²) in [7, 11) is 0. The molecule has 0 aromatic heterocycles. The number of hydrogen-bond acceptors (Lipinski definition) is 5. The number of nitriles is 1. The van der Waals surface area contributed by atoms with Gasteiger partial charge in [-0.15, -0.1) is 0 Å². The van der Waals surface area contributed by atoms with Crippen molar-refractivity contribution in [3.8, 4) is 6.07 Å². The predicted molar refractivity (Wildman–Crippen MR) is 109 cm³/mol. The highest BCUT2D eigenvalue weighted by Crippen LogP contribution is 2.46. The van der Waals surface area contributed by atoms with Crippen LogP contribution < -0.4 is 10.6 Å². The van der Waals surface area contributed by atoms with Crippen LogP contribution in [-0.2, 0) is 19.7 Å². The van der Waals surface area contributed by atoms with Gasteiger partial charge in [-0.25, -0.2) is 4.79 Å². The summed E-state index contributed by atoms with van der Waals surface area (Å²) in [4.78, 5) is 27.7. The molecule has 2 atom stereocenters. The van der Waals surface area contributed by atoms with Crippen molar-refractivity contribution in [3.63, 3.8) is 0 Å². The van der Waals surface area contributed by atoms with Gasteiger partial charge in [0.2, 0.25) is 0 Å². The molecule has 0 aliphatic carbocycles. The molecule has 0 fully saturated rings. The number of nitrogens with two attached hydrogens (primary N) is 1. The Morgan fingerprint density at radius 1 is 1.24 bits per heavy atom. The van der Waals surface area contributed by atoms with E-state index < -0.39 is 23.2 Å². The smallest absolute Gasteiger partial charge is 0.338 e. The van der Waals surface area contributed by atoms with Gasteiger partial charge in [0.1, 0.15) is 11.7 Å². The molecule has 2 aromatic carbocycles. The van der Waals surface area contributed by atoms with E-state index in [9.17, 15) is 14.9 Å². The molecule has 1 aliphatic rings. The van der Waals surface area contributed by atoms with Gasteiger partial charge in [-0.2, -0.15) is 5.26 Å². The molecule has 0 spiro atoms. The molecule has 1 heterocycles. The average molecular weight is 389 g/mol. The van der Waals surface area contributed by atoms with Crippen LogP contribution in [-0.4, -0.2) is 18.5 Å². The van der Waals surface area contributed by atoms with E-state index in [4.69, 9.17) is 10.5 Å². The van der Waals surface area contributed by atoms with Crippen molar-refractivity contribution in [1.82, 2.24) is 0 Å². The second-order valence-corrected chi connectivity index (χ2v) is 7.12. The topological polar surface area (TPSA) is 96.4 Å². The van der Waals surface area contributed by atoms with Crippen LogP contribution in [0, 0.1) is 24.2 Å². The highest BCUT2D eigenvalue weighted by Gasteiger charge is 2.54. The molecule has 0 saturated heterocycles. The fourth-order valence-electron chi connectivity index (χ4n) is 3.85. The Kier molecular flexibility index (Phi) is 5.42. The largest absolute Gasteiger partial charge is 0.463 e. The molecule has 2 aromatic rings. The summed E-state index contributed by atoms with van der Waals surface area (Å²) >= 11 is 0. The van der Waals surface area contributed by atoms with E-state index in [0.29, 0.717) is 11.3 Å².